The van der Waals surface area contributed by atoms with Crippen LogP contribution >= 0.6 is 0 Å². The SMILES string of the molecule is [B]C([B])(O)N(C(=C)N(CC)CC1CCN(C(C(=C)NC(C)C(=C)N2CCCCN2)C(C)C)C1)C(C)C1CC1. The van der Waals surface area contributed by atoms with Gasteiger partial charge in [0.25, 0.3) is 0 Å². The minimum Gasteiger partial charge on any atom is -0.390 e. The van der Waals surface area contributed by atoms with Gasteiger partial charge in [-0.25, -0.2) is 5.43 Å². The van der Waals surface area contributed by atoms with Crippen LogP contribution in [0.4, 0.5) is 0 Å². The van der Waals surface area contributed by atoms with Crippen molar-refractivity contribution in [2.24, 2.45) is 17.8 Å². The molecule has 1 saturated carbocycles. The van der Waals surface area contributed by atoms with E-state index in [9.17, 15) is 5.11 Å². The predicted molar refractivity (Wildman–Crippen MR) is 160 cm³/mol. The van der Waals surface area contributed by atoms with E-state index in [-0.39, 0.29) is 18.1 Å². The van der Waals surface area contributed by atoms with Gasteiger partial charge < -0.3 is 25.2 Å². The Morgan fingerprint density at radius 1 is 1.11 bits per heavy atom. The smallest absolute Gasteiger partial charge is 0.128 e. The first-order valence-electron chi connectivity index (χ1n) is 14.8. The van der Waals surface area contributed by atoms with Gasteiger partial charge in [0.2, 0.25) is 0 Å². The number of rotatable bonds is 15. The molecular weight excluding hydrogens is 470 g/mol. The zero-order chi connectivity index (χ0) is 28.2. The number of hydrogen-bond donors (Lipinski definition) is 3. The van der Waals surface area contributed by atoms with Gasteiger partial charge in [-0.2, -0.15) is 0 Å². The third-order valence-corrected chi connectivity index (χ3v) is 8.66. The van der Waals surface area contributed by atoms with Crippen molar-refractivity contribution in [1.82, 2.24) is 30.5 Å². The molecule has 2 heterocycles. The Balaban J connectivity index is 1.60. The summed E-state index contributed by atoms with van der Waals surface area (Å²) in [6.45, 7) is 29.8. The molecule has 9 heteroatoms. The second kappa shape index (κ2) is 13.2. The number of hydrazine groups is 1. The van der Waals surface area contributed by atoms with E-state index >= 15 is 0 Å². The summed E-state index contributed by atoms with van der Waals surface area (Å²) in [6, 6.07) is 0.401. The Hall–Kier alpha value is -1.57. The Kier molecular flexibility index (Phi) is 10.7. The van der Waals surface area contributed by atoms with Crippen molar-refractivity contribution in [1.29, 1.82) is 0 Å². The number of likely N-dealkylation sites (tertiary alicyclic amines) is 1. The third-order valence-electron chi connectivity index (χ3n) is 8.66. The van der Waals surface area contributed by atoms with Gasteiger partial charge in [0.15, 0.2) is 0 Å². The molecule has 3 rings (SSSR count). The van der Waals surface area contributed by atoms with E-state index in [4.69, 9.17) is 15.7 Å². The number of nitrogens with zero attached hydrogens (tertiary/aromatic N) is 4. The number of hydrogen-bond acceptors (Lipinski definition) is 7. The number of nitrogens with one attached hydrogen (secondary N) is 2. The van der Waals surface area contributed by atoms with E-state index in [1.807, 2.05) is 0 Å². The van der Waals surface area contributed by atoms with Crippen molar-refractivity contribution in [3.8, 4) is 0 Å². The molecule has 2 saturated heterocycles. The van der Waals surface area contributed by atoms with Gasteiger partial charge in [-0.05, 0) is 77.2 Å². The summed E-state index contributed by atoms with van der Waals surface area (Å²) in [7, 11) is 12.0. The van der Waals surface area contributed by atoms with Crippen molar-refractivity contribution in [2.45, 2.75) is 90.4 Å². The molecule has 4 atom stereocenters. The van der Waals surface area contributed by atoms with Crippen molar-refractivity contribution in [3.05, 3.63) is 37.0 Å². The maximum Gasteiger partial charge on any atom is 0.128 e. The Labute approximate surface area is 235 Å². The second-order valence-electron chi connectivity index (χ2n) is 12.2. The molecule has 0 aromatic heterocycles. The maximum atomic E-state index is 10.6. The Bertz CT molecular complexity index is 820. The molecular formula is C29H52B2N6O. The van der Waals surface area contributed by atoms with Gasteiger partial charge >= 0.3 is 0 Å². The van der Waals surface area contributed by atoms with Crippen LogP contribution in [0, 0.1) is 17.8 Å². The summed E-state index contributed by atoms with van der Waals surface area (Å²) in [5.74, 6) is 2.12. The first-order valence-corrected chi connectivity index (χ1v) is 14.8. The van der Waals surface area contributed by atoms with E-state index in [1.165, 1.54) is 12.8 Å². The van der Waals surface area contributed by atoms with Gasteiger partial charge in [-0.1, -0.05) is 33.6 Å². The topological polar surface area (TPSA) is 57.3 Å². The van der Waals surface area contributed by atoms with E-state index in [2.05, 4.69) is 79.9 Å². The van der Waals surface area contributed by atoms with Crippen LogP contribution < -0.4 is 10.7 Å². The zero-order valence-corrected chi connectivity index (χ0v) is 24.8. The van der Waals surface area contributed by atoms with Gasteiger partial charge in [-0.3, -0.25) is 4.90 Å². The molecule has 3 N–H and O–H groups in total. The van der Waals surface area contributed by atoms with Gasteiger partial charge in [0.1, 0.15) is 15.7 Å². The highest BCUT2D eigenvalue weighted by molar-refractivity contribution is 6.38. The van der Waals surface area contributed by atoms with Crippen molar-refractivity contribution in [2.75, 3.05) is 39.3 Å². The third kappa shape index (κ3) is 7.76. The molecule has 4 radical (unpaired) electrons. The van der Waals surface area contributed by atoms with Crippen molar-refractivity contribution >= 4 is 15.7 Å². The Morgan fingerprint density at radius 3 is 2.32 bits per heavy atom. The predicted octanol–water partition coefficient (Wildman–Crippen LogP) is 2.77. The molecule has 3 fully saturated rings. The van der Waals surface area contributed by atoms with Gasteiger partial charge in [-0.15, -0.1) is 0 Å². The van der Waals surface area contributed by atoms with Crippen LogP contribution in [0.3, 0.4) is 0 Å². The fourth-order valence-corrected chi connectivity index (χ4v) is 6.36. The molecule has 0 bridgehead atoms. The lowest BCUT2D eigenvalue weighted by atomic mass is 9.71. The highest BCUT2D eigenvalue weighted by Gasteiger charge is 2.39. The monoisotopic (exact) mass is 522 g/mol. The molecule has 38 heavy (non-hydrogen) atoms. The minimum absolute atomic E-state index is 0.0493. The molecule has 0 amide bonds. The van der Waals surface area contributed by atoms with Crippen LogP contribution in [0.15, 0.2) is 37.0 Å². The normalized spacial score (nSPS) is 23.1. The molecule has 0 aromatic rings. The van der Waals surface area contributed by atoms with E-state index < -0.39 is 5.52 Å². The Morgan fingerprint density at radius 2 is 1.79 bits per heavy atom. The highest BCUT2D eigenvalue weighted by atomic mass is 16.3. The molecule has 1 aliphatic carbocycles. The quantitative estimate of drug-likeness (QED) is 0.226. The lowest BCUT2D eigenvalue weighted by Gasteiger charge is -2.47. The van der Waals surface area contributed by atoms with Crippen LogP contribution in [-0.2, 0) is 0 Å². The molecule has 7 nitrogen and oxygen atoms in total. The van der Waals surface area contributed by atoms with E-state index in [1.54, 1.807) is 4.90 Å². The lowest BCUT2D eigenvalue weighted by molar-refractivity contribution is -0.000629. The summed E-state index contributed by atoms with van der Waals surface area (Å²) in [5, 5.41) is 16.5. The maximum absolute atomic E-state index is 10.6. The van der Waals surface area contributed by atoms with Gasteiger partial charge in [0, 0.05) is 50.2 Å². The summed E-state index contributed by atoms with van der Waals surface area (Å²) < 4.78 is 0. The van der Waals surface area contributed by atoms with Crippen molar-refractivity contribution < 1.29 is 5.11 Å². The standard InChI is InChI=1S/C29H52B2N6O/c1-9-34(25(8)37(29(30,31)38)24(7)27-12-13-27)18-26-14-17-35(19-26)28(20(2)3)22(5)33-21(4)23(6)36-16-11-10-15-32-36/h20-21,24,26-28,32-33,38H,5-6,8-19H2,1-4,7H3. The van der Waals surface area contributed by atoms with Crippen LogP contribution in [0.25, 0.3) is 0 Å². The van der Waals surface area contributed by atoms with Crippen LogP contribution in [-0.4, -0.2) is 103 Å². The lowest BCUT2D eigenvalue weighted by Crippen LogP contribution is -2.57. The fraction of sp³-hybridized carbons (Fsp3) is 0.793. The summed E-state index contributed by atoms with van der Waals surface area (Å²) in [4.78, 5) is 6.52. The number of aliphatic hydroxyl groups is 1. The first-order chi connectivity index (χ1) is 17.8. The van der Waals surface area contributed by atoms with Crippen LogP contribution in [0.5, 0.6) is 0 Å². The second-order valence-corrected chi connectivity index (χ2v) is 12.2. The molecule has 210 valence electrons. The summed E-state index contributed by atoms with van der Waals surface area (Å²) in [6.07, 6.45) is 5.79. The van der Waals surface area contributed by atoms with Crippen LogP contribution in [0.2, 0.25) is 0 Å². The van der Waals surface area contributed by atoms with Crippen LogP contribution in [0.1, 0.15) is 66.7 Å². The molecule has 2 aliphatic heterocycles. The molecule has 0 spiro atoms. The average molecular weight is 522 g/mol. The fourth-order valence-electron chi connectivity index (χ4n) is 6.36. The minimum atomic E-state index is -1.93. The largest absolute Gasteiger partial charge is 0.390 e. The molecule has 0 aromatic carbocycles. The zero-order valence-electron chi connectivity index (χ0n) is 24.8. The van der Waals surface area contributed by atoms with E-state index in [0.717, 1.165) is 69.9 Å². The van der Waals surface area contributed by atoms with E-state index in [0.29, 0.717) is 23.6 Å². The van der Waals surface area contributed by atoms with Crippen molar-refractivity contribution in [3.63, 3.8) is 0 Å². The summed E-state index contributed by atoms with van der Waals surface area (Å²) in [5.41, 5.74) is 3.66. The first kappa shape index (κ1) is 31.0. The average Bonchev–Trinajstić information content (AvgIpc) is 3.61. The molecule has 4 unspecified atom stereocenters. The summed E-state index contributed by atoms with van der Waals surface area (Å²) >= 11 is 0. The molecule has 3 aliphatic rings. The highest BCUT2D eigenvalue weighted by Crippen LogP contribution is 2.38. The van der Waals surface area contributed by atoms with Gasteiger partial charge in [0.05, 0.1) is 23.4 Å².